The Bertz CT molecular complexity index is 357. The van der Waals surface area contributed by atoms with Crippen LogP contribution in [0.4, 0.5) is 0 Å². The molecule has 2 aliphatic rings. The summed E-state index contributed by atoms with van der Waals surface area (Å²) in [6, 6.07) is 0.619. The van der Waals surface area contributed by atoms with Crippen LogP contribution in [-0.2, 0) is 9.59 Å². The number of carbonyl (C=O) groups excluding carboxylic acids is 2. The summed E-state index contributed by atoms with van der Waals surface area (Å²) in [5.41, 5.74) is 0. The third-order valence-corrected chi connectivity index (χ3v) is 4.68. The maximum atomic E-state index is 12.0. The summed E-state index contributed by atoms with van der Waals surface area (Å²) in [5.74, 6) is -0.0217. The quantitative estimate of drug-likeness (QED) is 0.575. The summed E-state index contributed by atoms with van der Waals surface area (Å²) in [7, 11) is 0. The van der Waals surface area contributed by atoms with Gasteiger partial charge in [-0.25, -0.2) is 0 Å². The lowest BCUT2D eigenvalue weighted by atomic mass is 10.1. The fraction of sp³-hybridized carbons (Fsp3) is 0.875. The molecule has 22 heavy (non-hydrogen) atoms. The molecule has 0 aromatic heterocycles. The Labute approximate surface area is 140 Å². The third-order valence-electron chi connectivity index (χ3n) is 4.68. The van der Waals surface area contributed by atoms with Gasteiger partial charge in [0.25, 0.3) is 0 Å². The van der Waals surface area contributed by atoms with Crippen molar-refractivity contribution in [3.63, 3.8) is 0 Å². The Morgan fingerprint density at radius 3 is 2.45 bits per heavy atom. The van der Waals surface area contributed by atoms with E-state index in [4.69, 9.17) is 0 Å². The molecule has 5 nitrogen and oxygen atoms in total. The van der Waals surface area contributed by atoms with E-state index < -0.39 is 0 Å². The molecule has 2 fully saturated rings. The standard InChI is InChI=1S/C16H29N3O2.ClH/c1-2-19-12-13(11-15(19)20)16(21)18-10-9-17-14-7-5-3-4-6-8-14;/h13-14,17H,2-12H2,1H3,(H,18,21);1H. The van der Waals surface area contributed by atoms with E-state index in [0.717, 1.165) is 6.54 Å². The van der Waals surface area contributed by atoms with Crippen molar-refractivity contribution >= 4 is 24.2 Å². The molecule has 0 radical (unpaired) electrons. The largest absolute Gasteiger partial charge is 0.355 e. The van der Waals surface area contributed by atoms with Gasteiger partial charge in [0.15, 0.2) is 0 Å². The molecule has 1 saturated carbocycles. The van der Waals surface area contributed by atoms with Crippen LogP contribution in [0.3, 0.4) is 0 Å². The van der Waals surface area contributed by atoms with Crippen LogP contribution < -0.4 is 10.6 Å². The lowest BCUT2D eigenvalue weighted by Crippen LogP contribution is -2.39. The molecule has 0 aromatic carbocycles. The van der Waals surface area contributed by atoms with Crippen molar-refractivity contribution in [3.8, 4) is 0 Å². The van der Waals surface area contributed by atoms with Crippen molar-refractivity contribution in [3.05, 3.63) is 0 Å². The Morgan fingerprint density at radius 1 is 1.18 bits per heavy atom. The molecule has 128 valence electrons. The minimum absolute atomic E-state index is 0. The number of rotatable bonds is 6. The Kier molecular flexibility index (Phi) is 8.79. The van der Waals surface area contributed by atoms with Gasteiger partial charge in [0.05, 0.1) is 5.92 Å². The zero-order valence-electron chi connectivity index (χ0n) is 13.6. The smallest absolute Gasteiger partial charge is 0.225 e. The van der Waals surface area contributed by atoms with E-state index in [1.165, 1.54) is 38.5 Å². The van der Waals surface area contributed by atoms with Gasteiger partial charge >= 0.3 is 0 Å². The predicted octanol–water partition coefficient (Wildman–Crippen LogP) is 1.71. The van der Waals surface area contributed by atoms with Crippen molar-refractivity contribution in [2.45, 2.75) is 57.9 Å². The van der Waals surface area contributed by atoms with Crippen molar-refractivity contribution in [1.29, 1.82) is 0 Å². The Morgan fingerprint density at radius 2 is 1.86 bits per heavy atom. The van der Waals surface area contributed by atoms with Crippen LogP contribution in [0.2, 0.25) is 0 Å². The summed E-state index contributed by atoms with van der Waals surface area (Å²) in [6.45, 7) is 4.72. The first kappa shape index (κ1) is 19.2. The molecule has 1 saturated heterocycles. The van der Waals surface area contributed by atoms with Crippen LogP contribution in [0.1, 0.15) is 51.9 Å². The molecule has 0 spiro atoms. The van der Waals surface area contributed by atoms with Crippen LogP contribution in [0.5, 0.6) is 0 Å². The Balaban J connectivity index is 0.00000242. The zero-order chi connectivity index (χ0) is 15.1. The maximum Gasteiger partial charge on any atom is 0.225 e. The number of amides is 2. The van der Waals surface area contributed by atoms with Gasteiger partial charge in [0, 0.05) is 38.6 Å². The SMILES string of the molecule is CCN1CC(C(=O)NCCNC2CCCCCC2)CC1=O.Cl. The molecular weight excluding hydrogens is 302 g/mol. The summed E-state index contributed by atoms with van der Waals surface area (Å²) in [4.78, 5) is 25.4. The first-order valence-corrected chi connectivity index (χ1v) is 8.49. The van der Waals surface area contributed by atoms with Gasteiger partial charge in [-0.3, -0.25) is 9.59 Å². The molecule has 6 heteroatoms. The molecule has 2 amide bonds. The first-order chi connectivity index (χ1) is 10.2. The molecule has 1 aliphatic carbocycles. The number of hydrogen-bond acceptors (Lipinski definition) is 3. The lowest BCUT2D eigenvalue weighted by Gasteiger charge is -2.17. The molecule has 0 aromatic rings. The molecular formula is C16H30ClN3O2. The normalized spacial score (nSPS) is 23.0. The van der Waals surface area contributed by atoms with Gasteiger partial charge in [0.2, 0.25) is 11.8 Å². The lowest BCUT2D eigenvalue weighted by molar-refractivity contribution is -0.128. The highest BCUT2D eigenvalue weighted by Gasteiger charge is 2.32. The van der Waals surface area contributed by atoms with E-state index in [1.807, 2.05) is 6.92 Å². The summed E-state index contributed by atoms with van der Waals surface area (Å²) in [6.07, 6.45) is 8.25. The number of likely N-dealkylation sites (tertiary alicyclic amines) is 1. The number of nitrogens with one attached hydrogen (secondary N) is 2. The number of nitrogens with zero attached hydrogens (tertiary/aromatic N) is 1. The van der Waals surface area contributed by atoms with Gasteiger partial charge < -0.3 is 15.5 Å². The van der Waals surface area contributed by atoms with E-state index in [9.17, 15) is 9.59 Å². The second-order valence-corrected chi connectivity index (χ2v) is 6.27. The molecule has 1 unspecified atom stereocenters. The average Bonchev–Trinajstić information content (AvgIpc) is 2.70. The summed E-state index contributed by atoms with van der Waals surface area (Å²) >= 11 is 0. The fourth-order valence-corrected chi connectivity index (χ4v) is 3.34. The Hall–Kier alpha value is -0.810. The van der Waals surface area contributed by atoms with E-state index in [-0.39, 0.29) is 30.1 Å². The van der Waals surface area contributed by atoms with Crippen LogP contribution in [0.25, 0.3) is 0 Å². The fourth-order valence-electron chi connectivity index (χ4n) is 3.34. The van der Waals surface area contributed by atoms with E-state index in [0.29, 0.717) is 32.1 Å². The van der Waals surface area contributed by atoms with Crippen molar-refractivity contribution < 1.29 is 9.59 Å². The van der Waals surface area contributed by atoms with Crippen molar-refractivity contribution in [2.24, 2.45) is 5.92 Å². The maximum absolute atomic E-state index is 12.0. The van der Waals surface area contributed by atoms with Crippen LogP contribution in [0, 0.1) is 5.92 Å². The van der Waals surface area contributed by atoms with Gasteiger partial charge in [-0.15, -0.1) is 12.4 Å². The highest BCUT2D eigenvalue weighted by Crippen LogP contribution is 2.18. The number of halogens is 1. The first-order valence-electron chi connectivity index (χ1n) is 8.49. The van der Waals surface area contributed by atoms with Gasteiger partial charge in [-0.1, -0.05) is 25.7 Å². The van der Waals surface area contributed by atoms with E-state index >= 15 is 0 Å². The zero-order valence-corrected chi connectivity index (χ0v) is 14.4. The second-order valence-electron chi connectivity index (χ2n) is 6.27. The third kappa shape index (κ3) is 5.76. The summed E-state index contributed by atoms with van der Waals surface area (Å²) < 4.78 is 0. The molecule has 1 atom stereocenters. The van der Waals surface area contributed by atoms with E-state index in [2.05, 4.69) is 10.6 Å². The number of carbonyl (C=O) groups is 2. The molecule has 2 rings (SSSR count). The minimum atomic E-state index is -0.157. The summed E-state index contributed by atoms with van der Waals surface area (Å²) in [5, 5.41) is 6.51. The highest BCUT2D eigenvalue weighted by atomic mass is 35.5. The minimum Gasteiger partial charge on any atom is -0.355 e. The van der Waals surface area contributed by atoms with Crippen LogP contribution in [0.15, 0.2) is 0 Å². The van der Waals surface area contributed by atoms with Crippen molar-refractivity contribution in [1.82, 2.24) is 15.5 Å². The van der Waals surface area contributed by atoms with Crippen LogP contribution in [-0.4, -0.2) is 48.9 Å². The monoisotopic (exact) mass is 331 g/mol. The van der Waals surface area contributed by atoms with Gasteiger partial charge in [-0.05, 0) is 19.8 Å². The molecule has 1 heterocycles. The topological polar surface area (TPSA) is 61.4 Å². The molecule has 2 N–H and O–H groups in total. The van der Waals surface area contributed by atoms with E-state index in [1.54, 1.807) is 4.90 Å². The van der Waals surface area contributed by atoms with Gasteiger partial charge in [0.1, 0.15) is 0 Å². The number of hydrogen-bond donors (Lipinski definition) is 2. The molecule has 0 bridgehead atoms. The van der Waals surface area contributed by atoms with Crippen LogP contribution >= 0.6 is 12.4 Å². The highest BCUT2D eigenvalue weighted by molar-refractivity contribution is 5.89. The average molecular weight is 332 g/mol. The second kappa shape index (κ2) is 10.1. The van der Waals surface area contributed by atoms with Crippen molar-refractivity contribution in [2.75, 3.05) is 26.2 Å². The molecule has 1 aliphatic heterocycles. The van der Waals surface area contributed by atoms with Gasteiger partial charge in [-0.2, -0.15) is 0 Å². The predicted molar refractivity (Wildman–Crippen MR) is 90.1 cm³/mol.